The number of benzene rings is 1. The van der Waals surface area contributed by atoms with Crippen molar-refractivity contribution < 1.29 is 27.5 Å². The van der Waals surface area contributed by atoms with Crippen LogP contribution < -0.4 is 10.1 Å². The van der Waals surface area contributed by atoms with Crippen LogP contribution in [0.5, 0.6) is 5.75 Å². The predicted molar refractivity (Wildman–Crippen MR) is 83.0 cm³/mol. The lowest BCUT2D eigenvalue weighted by molar-refractivity contribution is -0.274. The number of anilines is 1. The second-order valence-electron chi connectivity index (χ2n) is 5.00. The highest BCUT2D eigenvalue weighted by molar-refractivity contribution is 5.98. The molecule has 0 saturated heterocycles. The Morgan fingerprint density at radius 1 is 1.16 bits per heavy atom. The maximum Gasteiger partial charge on any atom is 0.573 e. The molecule has 0 saturated carbocycles. The number of carbonyl (C=O) groups is 2. The number of aromatic nitrogens is 1. The Hall–Kier alpha value is -3.10. The van der Waals surface area contributed by atoms with Crippen molar-refractivity contribution in [2.24, 2.45) is 0 Å². The van der Waals surface area contributed by atoms with Crippen LogP contribution in [0.2, 0.25) is 0 Å². The SMILES string of the molecule is CN(CC(=O)Nc1ccc(OC(F)(F)F)cc1)C(=O)c1ccccn1. The zero-order chi connectivity index (χ0) is 18.4. The predicted octanol–water partition coefficient (Wildman–Crippen LogP) is 2.69. The highest BCUT2D eigenvalue weighted by atomic mass is 19.4. The number of hydrogen-bond donors (Lipinski definition) is 1. The van der Waals surface area contributed by atoms with Gasteiger partial charge in [0.2, 0.25) is 5.91 Å². The van der Waals surface area contributed by atoms with Crippen LogP contribution in [0.4, 0.5) is 18.9 Å². The molecule has 1 aromatic heterocycles. The Balaban J connectivity index is 1.90. The summed E-state index contributed by atoms with van der Waals surface area (Å²) in [5.74, 6) is -1.33. The number of likely N-dealkylation sites (N-methyl/N-ethyl adjacent to an activating group) is 1. The minimum atomic E-state index is -4.78. The maximum absolute atomic E-state index is 12.1. The monoisotopic (exact) mass is 353 g/mol. The maximum atomic E-state index is 12.1. The van der Waals surface area contributed by atoms with Gasteiger partial charge in [0, 0.05) is 18.9 Å². The molecule has 0 aliphatic rings. The summed E-state index contributed by atoms with van der Waals surface area (Å²) >= 11 is 0. The normalized spacial score (nSPS) is 10.9. The van der Waals surface area contributed by atoms with Crippen LogP contribution in [0, 0.1) is 0 Å². The standard InChI is InChI=1S/C16H14F3N3O3/c1-22(15(24)13-4-2-3-9-20-13)10-14(23)21-11-5-7-12(8-6-11)25-16(17,18)19/h2-9H,10H2,1H3,(H,21,23). The van der Waals surface area contributed by atoms with Gasteiger partial charge >= 0.3 is 6.36 Å². The van der Waals surface area contributed by atoms with E-state index in [1.807, 2.05) is 0 Å². The molecule has 1 N–H and O–H groups in total. The highest BCUT2D eigenvalue weighted by Crippen LogP contribution is 2.23. The number of carbonyl (C=O) groups excluding carboxylic acids is 2. The van der Waals surface area contributed by atoms with Crippen LogP contribution in [0.1, 0.15) is 10.5 Å². The van der Waals surface area contributed by atoms with E-state index in [0.29, 0.717) is 0 Å². The van der Waals surface area contributed by atoms with Gasteiger partial charge in [-0.25, -0.2) is 0 Å². The molecule has 6 nitrogen and oxygen atoms in total. The van der Waals surface area contributed by atoms with Gasteiger partial charge < -0.3 is 15.0 Å². The molecule has 0 radical (unpaired) electrons. The lowest BCUT2D eigenvalue weighted by atomic mass is 10.3. The van der Waals surface area contributed by atoms with E-state index in [0.717, 1.165) is 12.1 Å². The average molecular weight is 353 g/mol. The number of nitrogens with zero attached hydrogens (tertiary/aromatic N) is 2. The topological polar surface area (TPSA) is 71.5 Å². The van der Waals surface area contributed by atoms with Gasteiger partial charge in [0.05, 0.1) is 6.54 Å². The molecule has 1 heterocycles. The molecule has 0 atom stereocenters. The molecule has 0 aliphatic heterocycles. The van der Waals surface area contributed by atoms with Crippen LogP contribution in [0.3, 0.4) is 0 Å². The number of alkyl halides is 3. The second kappa shape index (κ2) is 7.65. The summed E-state index contributed by atoms with van der Waals surface area (Å²) in [5.41, 5.74) is 0.477. The van der Waals surface area contributed by atoms with Crippen molar-refractivity contribution in [2.75, 3.05) is 18.9 Å². The van der Waals surface area contributed by atoms with Crippen LogP contribution in [-0.4, -0.2) is 41.7 Å². The fourth-order valence-electron chi connectivity index (χ4n) is 1.91. The van der Waals surface area contributed by atoms with Crippen LogP contribution in [-0.2, 0) is 4.79 Å². The van der Waals surface area contributed by atoms with Gasteiger partial charge in [0.15, 0.2) is 0 Å². The van der Waals surface area contributed by atoms with Crippen LogP contribution in [0.15, 0.2) is 48.7 Å². The fourth-order valence-corrected chi connectivity index (χ4v) is 1.91. The fraction of sp³-hybridized carbons (Fsp3) is 0.188. The first kappa shape index (κ1) is 18.2. The first-order valence-corrected chi connectivity index (χ1v) is 7.07. The third kappa shape index (κ3) is 5.79. The van der Waals surface area contributed by atoms with Gasteiger partial charge in [-0.05, 0) is 36.4 Å². The minimum absolute atomic E-state index is 0.200. The van der Waals surface area contributed by atoms with Gasteiger partial charge in [-0.3, -0.25) is 14.6 Å². The van der Waals surface area contributed by atoms with Crippen molar-refractivity contribution in [1.29, 1.82) is 0 Å². The summed E-state index contributed by atoms with van der Waals surface area (Å²) in [6.07, 6.45) is -3.31. The first-order valence-electron chi connectivity index (χ1n) is 7.07. The van der Waals surface area contributed by atoms with Gasteiger partial charge in [-0.1, -0.05) is 6.07 Å². The average Bonchev–Trinajstić information content (AvgIpc) is 2.55. The Morgan fingerprint density at radius 2 is 1.84 bits per heavy atom. The third-order valence-electron chi connectivity index (χ3n) is 2.98. The molecule has 0 unspecified atom stereocenters. The van der Waals surface area contributed by atoms with Crippen molar-refractivity contribution >= 4 is 17.5 Å². The Labute approximate surface area is 141 Å². The summed E-state index contributed by atoms with van der Waals surface area (Å²) in [5, 5.41) is 2.48. The van der Waals surface area contributed by atoms with E-state index in [1.54, 1.807) is 12.1 Å². The number of amides is 2. The smallest absolute Gasteiger partial charge is 0.406 e. The Morgan fingerprint density at radius 3 is 2.40 bits per heavy atom. The molecule has 2 amide bonds. The van der Waals surface area contributed by atoms with E-state index < -0.39 is 23.9 Å². The van der Waals surface area contributed by atoms with Gasteiger partial charge in [0.25, 0.3) is 5.91 Å². The summed E-state index contributed by atoms with van der Waals surface area (Å²) in [7, 11) is 1.44. The number of halogens is 3. The van der Waals surface area contributed by atoms with E-state index in [2.05, 4.69) is 15.0 Å². The minimum Gasteiger partial charge on any atom is -0.406 e. The van der Waals surface area contributed by atoms with Crippen LogP contribution in [0.25, 0.3) is 0 Å². The number of hydrogen-bond acceptors (Lipinski definition) is 4. The number of pyridine rings is 1. The highest BCUT2D eigenvalue weighted by Gasteiger charge is 2.31. The number of rotatable bonds is 5. The lowest BCUT2D eigenvalue weighted by Gasteiger charge is -2.16. The van der Waals surface area contributed by atoms with Gasteiger partial charge in [-0.15, -0.1) is 13.2 Å². The molecular formula is C16H14F3N3O3. The van der Waals surface area contributed by atoms with Crippen molar-refractivity contribution in [3.05, 3.63) is 54.4 Å². The van der Waals surface area contributed by atoms with E-state index in [4.69, 9.17) is 0 Å². The van der Waals surface area contributed by atoms with Crippen molar-refractivity contribution in [2.45, 2.75) is 6.36 Å². The molecule has 25 heavy (non-hydrogen) atoms. The summed E-state index contributed by atoms with van der Waals surface area (Å²) in [6, 6.07) is 9.52. The summed E-state index contributed by atoms with van der Waals surface area (Å²) in [6.45, 7) is -0.240. The van der Waals surface area contributed by atoms with Crippen molar-refractivity contribution in [3.8, 4) is 5.75 Å². The molecular weight excluding hydrogens is 339 g/mol. The molecule has 132 valence electrons. The van der Waals surface area contributed by atoms with Crippen molar-refractivity contribution in [3.63, 3.8) is 0 Å². The van der Waals surface area contributed by atoms with E-state index in [9.17, 15) is 22.8 Å². The largest absolute Gasteiger partial charge is 0.573 e. The zero-order valence-corrected chi connectivity index (χ0v) is 13.1. The van der Waals surface area contributed by atoms with Crippen LogP contribution >= 0.6 is 0 Å². The molecule has 9 heteroatoms. The molecule has 2 rings (SSSR count). The second-order valence-corrected chi connectivity index (χ2v) is 5.00. The third-order valence-corrected chi connectivity index (χ3v) is 2.98. The van der Waals surface area contributed by atoms with E-state index in [-0.39, 0.29) is 17.9 Å². The molecule has 0 bridgehead atoms. The lowest BCUT2D eigenvalue weighted by Crippen LogP contribution is -2.35. The van der Waals surface area contributed by atoms with Gasteiger partial charge in [-0.2, -0.15) is 0 Å². The van der Waals surface area contributed by atoms with Gasteiger partial charge in [0.1, 0.15) is 11.4 Å². The molecule has 0 spiro atoms. The summed E-state index contributed by atoms with van der Waals surface area (Å²) in [4.78, 5) is 29.1. The first-order chi connectivity index (χ1) is 11.7. The summed E-state index contributed by atoms with van der Waals surface area (Å²) < 4.78 is 40.0. The quantitative estimate of drug-likeness (QED) is 0.897. The van der Waals surface area contributed by atoms with Crippen molar-refractivity contribution in [1.82, 2.24) is 9.88 Å². The number of ether oxygens (including phenoxy) is 1. The molecule has 0 aliphatic carbocycles. The molecule has 0 fully saturated rings. The molecule has 2 aromatic rings. The Kier molecular flexibility index (Phi) is 5.58. The molecule has 1 aromatic carbocycles. The Bertz CT molecular complexity index is 734. The number of nitrogens with one attached hydrogen (secondary N) is 1. The zero-order valence-electron chi connectivity index (χ0n) is 13.1. The van der Waals surface area contributed by atoms with E-state index in [1.165, 1.54) is 36.3 Å². The van der Waals surface area contributed by atoms with E-state index >= 15 is 0 Å².